The lowest BCUT2D eigenvalue weighted by molar-refractivity contribution is 0.0957. The summed E-state index contributed by atoms with van der Waals surface area (Å²) in [4.78, 5) is 18.1. The molecule has 1 fully saturated rings. The van der Waals surface area contributed by atoms with Crippen LogP contribution < -0.4 is 11.3 Å². The number of thiophene rings is 1. The van der Waals surface area contributed by atoms with Gasteiger partial charge in [0.15, 0.2) is 0 Å². The number of hydrazine groups is 1. The van der Waals surface area contributed by atoms with Crippen LogP contribution in [0.4, 0.5) is 0 Å². The minimum atomic E-state index is -0.210. The van der Waals surface area contributed by atoms with E-state index in [1.807, 2.05) is 12.1 Å². The molecular formula is C12H20N4OS. The average Bonchev–Trinajstić information content (AvgIpc) is 2.81. The molecule has 0 spiro atoms. The van der Waals surface area contributed by atoms with Gasteiger partial charge in [-0.3, -0.25) is 15.1 Å². The molecule has 100 valence electrons. The van der Waals surface area contributed by atoms with Crippen molar-refractivity contribution in [1.29, 1.82) is 0 Å². The Balaban J connectivity index is 1.93. The second-order valence-electron chi connectivity index (χ2n) is 4.80. The van der Waals surface area contributed by atoms with E-state index >= 15 is 0 Å². The number of hydrogen-bond acceptors (Lipinski definition) is 5. The summed E-state index contributed by atoms with van der Waals surface area (Å²) in [6.07, 6.45) is 0. The first-order valence-corrected chi connectivity index (χ1v) is 6.94. The van der Waals surface area contributed by atoms with Crippen LogP contribution in [0.15, 0.2) is 12.1 Å². The third kappa shape index (κ3) is 3.08. The molecule has 0 saturated carbocycles. The van der Waals surface area contributed by atoms with Crippen LogP contribution in [-0.2, 0) is 6.54 Å². The Morgan fingerprint density at radius 1 is 1.56 bits per heavy atom. The molecular weight excluding hydrogens is 248 g/mol. The first kappa shape index (κ1) is 13.5. The fourth-order valence-corrected chi connectivity index (χ4v) is 3.10. The van der Waals surface area contributed by atoms with E-state index in [0.717, 1.165) is 26.2 Å². The number of nitrogens with two attached hydrogens (primary N) is 1. The van der Waals surface area contributed by atoms with E-state index in [0.29, 0.717) is 10.9 Å². The van der Waals surface area contributed by atoms with Crippen molar-refractivity contribution in [2.24, 2.45) is 5.84 Å². The quantitative estimate of drug-likeness (QED) is 0.476. The van der Waals surface area contributed by atoms with E-state index in [1.165, 1.54) is 16.2 Å². The Bertz CT molecular complexity index is 420. The maximum Gasteiger partial charge on any atom is 0.275 e. The summed E-state index contributed by atoms with van der Waals surface area (Å²) >= 11 is 1.51. The van der Waals surface area contributed by atoms with E-state index in [1.54, 1.807) is 0 Å². The molecule has 0 bridgehead atoms. The fraction of sp³-hybridized carbons (Fsp3) is 0.583. The molecule has 1 aliphatic heterocycles. The monoisotopic (exact) mass is 268 g/mol. The lowest BCUT2D eigenvalue weighted by atomic mass is 10.2. The number of rotatable bonds is 3. The van der Waals surface area contributed by atoms with Crippen molar-refractivity contribution >= 4 is 17.2 Å². The summed E-state index contributed by atoms with van der Waals surface area (Å²) in [6, 6.07) is 4.44. The second-order valence-corrected chi connectivity index (χ2v) is 5.97. The molecule has 5 nitrogen and oxygen atoms in total. The van der Waals surface area contributed by atoms with Crippen LogP contribution in [0.5, 0.6) is 0 Å². The summed E-state index contributed by atoms with van der Waals surface area (Å²) in [7, 11) is 2.16. The molecule has 1 aromatic heterocycles. The van der Waals surface area contributed by atoms with Crippen LogP contribution in [0.2, 0.25) is 0 Å². The highest BCUT2D eigenvalue weighted by Gasteiger charge is 2.21. The van der Waals surface area contributed by atoms with E-state index < -0.39 is 0 Å². The van der Waals surface area contributed by atoms with Gasteiger partial charge in [-0.05, 0) is 26.1 Å². The van der Waals surface area contributed by atoms with Gasteiger partial charge in [0.1, 0.15) is 0 Å². The molecule has 6 heteroatoms. The zero-order valence-corrected chi connectivity index (χ0v) is 11.7. The summed E-state index contributed by atoms with van der Waals surface area (Å²) in [5, 5.41) is 0. The molecule has 1 aliphatic rings. The number of nitrogens with one attached hydrogen (secondary N) is 1. The van der Waals surface area contributed by atoms with E-state index in [2.05, 4.69) is 29.2 Å². The summed E-state index contributed by atoms with van der Waals surface area (Å²) in [5.74, 6) is 4.91. The molecule has 0 aromatic carbocycles. The molecule has 1 atom stereocenters. The lowest BCUT2D eigenvalue weighted by Gasteiger charge is -2.37. The van der Waals surface area contributed by atoms with Crippen molar-refractivity contribution in [1.82, 2.24) is 15.2 Å². The number of amides is 1. The van der Waals surface area contributed by atoms with Gasteiger partial charge in [-0.2, -0.15) is 0 Å². The summed E-state index contributed by atoms with van der Waals surface area (Å²) in [5.41, 5.74) is 2.16. The van der Waals surface area contributed by atoms with Gasteiger partial charge in [-0.25, -0.2) is 5.84 Å². The normalized spacial score (nSPS) is 22.1. The molecule has 3 N–H and O–H groups in total. The van der Waals surface area contributed by atoms with Gasteiger partial charge in [0.25, 0.3) is 5.91 Å². The molecule has 1 saturated heterocycles. The molecule has 0 radical (unpaired) electrons. The Morgan fingerprint density at radius 3 is 3.00 bits per heavy atom. The predicted molar refractivity (Wildman–Crippen MR) is 73.3 cm³/mol. The molecule has 2 rings (SSSR count). The molecule has 2 heterocycles. The lowest BCUT2D eigenvalue weighted by Crippen LogP contribution is -2.49. The number of carbonyl (C=O) groups is 1. The van der Waals surface area contributed by atoms with Gasteiger partial charge in [0.05, 0.1) is 4.88 Å². The highest BCUT2D eigenvalue weighted by atomic mass is 32.1. The van der Waals surface area contributed by atoms with Crippen LogP contribution in [0.25, 0.3) is 0 Å². The van der Waals surface area contributed by atoms with Crippen LogP contribution in [-0.4, -0.2) is 48.4 Å². The first-order chi connectivity index (χ1) is 8.60. The van der Waals surface area contributed by atoms with Crippen LogP contribution in [0.3, 0.4) is 0 Å². The van der Waals surface area contributed by atoms with Gasteiger partial charge >= 0.3 is 0 Å². The fourth-order valence-electron chi connectivity index (χ4n) is 2.14. The Labute approximate surface area is 112 Å². The van der Waals surface area contributed by atoms with Gasteiger partial charge in [0.2, 0.25) is 0 Å². The molecule has 1 unspecified atom stereocenters. The largest absolute Gasteiger partial charge is 0.301 e. The zero-order valence-electron chi connectivity index (χ0n) is 10.8. The number of nitrogen functional groups attached to an aromatic ring is 1. The highest BCUT2D eigenvalue weighted by Crippen LogP contribution is 2.19. The predicted octanol–water partition coefficient (Wildman–Crippen LogP) is 0.488. The third-order valence-electron chi connectivity index (χ3n) is 3.44. The highest BCUT2D eigenvalue weighted by molar-refractivity contribution is 7.14. The van der Waals surface area contributed by atoms with Gasteiger partial charge in [0, 0.05) is 37.1 Å². The Morgan fingerprint density at radius 2 is 2.33 bits per heavy atom. The summed E-state index contributed by atoms with van der Waals surface area (Å²) < 4.78 is 0. The van der Waals surface area contributed by atoms with Crippen LogP contribution in [0, 0.1) is 0 Å². The van der Waals surface area contributed by atoms with Crippen molar-refractivity contribution in [2.75, 3.05) is 26.7 Å². The average molecular weight is 268 g/mol. The number of carbonyl (C=O) groups excluding carboxylic acids is 1. The maximum absolute atomic E-state index is 11.4. The summed E-state index contributed by atoms with van der Waals surface area (Å²) in [6.45, 7) is 6.42. The Kier molecular flexibility index (Phi) is 4.34. The van der Waals surface area contributed by atoms with Crippen molar-refractivity contribution in [3.05, 3.63) is 21.9 Å². The minimum Gasteiger partial charge on any atom is -0.301 e. The number of likely N-dealkylation sites (N-methyl/N-ethyl adjacent to an activating group) is 1. The third-order valence-corrected chi connectivity index (χ3v) is 4.51. The standard InChI is InChI=1S/C12H20N4OS/c1-9-7-16(6-5-15(9)2)8-10-3-4-11(18-10)12(17)14-13/h3-4,9H,5-8,13H2,1-2H3,(H,14,17). The number of nitrogens with zero attached hydrogens (tertiary/aromatic N) is 2. The number of hydrogen-bond donors (Lipinski definition) is 2. The topological polar surface area (TPSA) is 61.6 Å². The van der Waals surface area contributed by atoms with E-state index in [-0.39, 0.29) is 5.91 Å². The second kappa shape index (κ2) is 5.79. The molecule has 18 heavy (non-hydrogen) atoms. The van der Waals surface area contributed by atoms with Crippen molar-refractivity contribution in [3.63, 3.8) is 0 Å². The zero-order chi connectivity index (χ0) is 13.1. The SMILES string of the molecule is CC1CN(Cc2ccc(C(=O)NN)s2)CCN1C. The number of piperazine rings is 1. The van der Waals surface area contributed by atoms with Crippen LogP contribution in [0.1, 0.15) is 21.5 Å². The van der Waals surface area contributed by atoms with Crippen molar-refractivity contribution in [3.8, 4) is 0 Å². The molecule has 1 amide bonds. The van der Waals surface area contributed by atoms with Crippen molar-refractivity contribution in [2.45, 2.75) is 19.5 Å². The molecule has 1 aromatic rings. The van der Waals surface area contributed by atoms with Gasteiger partial charge in [-0.1, -0.05) is 0 Å². The minimum absolute atomic E-state index is 0.210. The van der Waals surface area contributed by atoms with E-state index in [4.69, 9.17) is 5.84 Å². The van der Waals surface area contributed by atoms with Crippen LogP contribution >= 0.6 is 11.3 Å². The van der Waals surface area contributed by atoms with Crippen molar-refractivity contribution < 1.29 is 4.79 Å². The first-order valence-electron chi connectivity index (χ1n) is 6.12. The van der Waals surface area contributed by atoms with Gasteiger partial charge < -0.3 is 4.90 Å². The molecule has 0 aliphatic carbocycles. The van der Waals surface area contributed by atoms with Gasteiger partial charge in [-0.15, -0.1) is 11.3 Å². The smallest absolute Gasteiger partial charge is 0.275 e. The maximum atomic E-state index is 11.4. The Hall–Kier alpha value is -0.950. The van der Waals surface area contributed by atoms with E-state index in [9.17, 15) is 4.79 Å².